The molecule has 0 spiro atoms. The molecule has 0 bridgehead atoms. The van der Waals surface area contributed by atoms with Crippen LogP contribution in [0.15, 0.2) is 35.3 Å². The summed E-state index contributed by atoms with van der Waals surface area (Å²) in [7, 11) is 0. The van der Waals surface area contributed by atoms with Gasteiger partial charge in [0.2, 0.25) is 0 Å². The number of alkyl halides is 3. The van der Waals surface area contributed by atoms with Gasteiger partial charge in [0.15, 0.2) is 5.71 Å². The SMILES string of the molecule is CC(C)(C)OC(=O)CCC1(C(F)(F)F)N=C(c2ccccc2)C(=O)O1. The molecular formula is C17H18F3NO4. The minimum absolute atomic E-state index is 0.218. The molecule has 1 aromatic rings. The molecular weight excluding hydrogens is 339 g/mol. The number of carbonyl (C=O) groups is 2. The predicted molar refractivity (Wildman–Crippen MR) is 82.9 cm³/mol. The molecule has 5 nitrogen and oxygen atoms in total. The first-order valence-corrected chi connectivity index (χ1v) is 7.61. The number of carbonyl (C=O) groups excluding carboxylic acids is 2. The van der Waals surface area contributed by atoms with E-state index in [0.29, 0.717) is 0 Å². The molecule has 1 aliphatic heterocycles. The summed E-state index contributed by atoms with van der Waals surface area (Å²) in [6, 6.07) is 7.71. The van der Waals surface area contributed by atoms with Crippen molar-refractivity contribution in [3.63, 3.8) is 0 Å². The van der Waals surface area contributed by atoms with E-state index in [0.717, 1.165) is 0 Å². The van der Waals surface area contributed by atoms with Gasteiger partial charge in [-0.05, 0) is 20.8 Å². The van der Waals surface area contributed by atoms with Gasteiger partial charge in [-0.3, -0.25) is 4.79 Å². The van der Waals surface area contributed by atoms with Gasteiger partial charge in [0.1, 0.15) is 5.60 Å². The smallest absolute Gasteiger partial charge is 0.450 e. The molecule has 0 aliphatic carbocycles. The van der Waals surface area contributed by atoms with Crippen molar-refractivity contribution in [3.05, 3.63) is 35.9 Å². The maximum Gasteiger partial charge on any atom is 0.450 e. The van der Waals surface area contributed by atoms with Gasteiger partial charge >= 0.3 is 18.1 Å². The lowest BCUT2D eigenvalue weighted by atomic mass is 10.1. The Morgan fingerprint density at radius 2 is 1.80 bits per heavy atom. The maximum atomic E-state index is 13.5. The average Bonchev–Trinajstić information content (AvgIpc) is 2.82. The molecule has 1 unspecified atom stereocenters. The quantitative estimate of drug-likeness (QED) is 0.775. The van der Waals surface area contributed by atoms with Crippen molar-refractivity contribution >= 4 is 17.7 Å². The van der Waals surface area contributed by atoms with Crippen LogP contribution >= 0.6 is 0 Å². The number of halogens is 3. The normalized spacial score (nSPS) is 20.9. The van der Waals surface area contributed by atoms with Crippen molar-refractivity contribution in [2.45, 2.75) is 51.1 Å². The Balaban J connectivity index is 2.27. The second-order valence-electron chi connectivity index (χ2n) is 6.58. The zero-order chi connectivity index (χ0) is 18.9. The van der Waals surface area contributed by atoms with Crippen LogP contribution in [0.1, 0.15) is 39.2 Å². The van der Waals surface area contributed by atoms with E-state index in [2.05, 4.69) is 9.73 Å². The van der Waals surface area contributed by atoms with Gasteiger partial charge in [-0.1, -0.05) is 30.3 Å². The van der Waals surface area contributed by atoms with E-state index in [1.54, 1.807) is 39.0 Å². The van der Waals surface area contributed by atoms with Crippen LogP contribution < -0.4 is 0 Å². The minimum atomic E-state index is -4.96. The fourth-order valence-corrected chi connectivity index (χ4v) is 2.26. The van der Waals surface area contributed by atoms with Gasteiger partial charge in [0, 0.05) is 12.0 Å². The first-order chi connectivity index (χ1) is 11.4. The van der Waals surface area contributed by atoms with Gasteiger partial charge in [-0.25, -0.2) is 9.79 Å². The topological polar surface area (TPSA) is 65.0 Å². The Morgan fingerprint density at radius 3 is 2.32 bits per heavy atom. The highest BCUT2D eigenvalue weighted by Crippen LogP contribution is 2.42. The average molecular weight is 357 g/mol. The molecule has 1 aromatic carbocycles. The summed E-state index contributed by atoms with van der Waals surface area (Å²) in [6.45, 7) is 4.81. The second kappa shape index (κ2) is 6.50. The Bertz CT molecular complexity index is 692. The van der Waals surface area contributed by atoms with Crippen LogP contribution in [0.25, 0.3) is 0 Å². The lowest BCUT2D eigenvalue weighted by Crippen LogP contribution is -2.45. The van der Waals surface area contributed by atoms with Crippen LogP contribution in [0.2, 0.25) is 0 Å². The minimum Gasteiger partial charge on any atom is -0.460 e. The molecule has 25 heavy (non-hydrogen) atoms. The fraction of sp³-hybridized carbons (Fsp3) is 0.471. The summed E-state index contributed by atoms with van der Waals surface area (Å²) in [5.74, 6) is -2.00. The van der Waals surface area contributed by atoms with Crippen LogP contribution in [0, 0.1) is 0 Å². The molecule has 8 heteroatoms. The molecule has 0 saturated heterocycles. The van der Waals surface area contributed by atoms with E-state index in [1.807, 2.05) is 0 Å². The molecule has 0 amide bonds. The third kappa shape index (κ3) is 4.37. The lowest BCUT2D eigenvalue weighted by Gasteiger charge is -2.27. The molecule has 0 aromatic heterocycles. The third-order valence-corrected chi connectivity index (χ3v) is 3.33. The van der Waals surface area contributed by atoms with Crippen molar-refractivity contribution in [1.82, 2.24) is 0 Å². The van der Waals surface area contributed by atoms with Crippen molar-refractivity contribution in [1.29, 1.82) is 0 Å². The number of nitrogens with zero attached hydrogens (tertiary/aromatic N) is 1. The van der Waals surface area contributed by atoms with Crippen molar-refractivity contribution in [3.8, 4) is 0 Å². The lowest BCUT2D eigenvalue weighted by molar-refractivity contribution is -0.262. The standard InChI is InChI=1S/C17H18F3NO4/c1-15(2,3)24-12(22)9-10-16(17(18,19)20)21-13(14(23)25-16)11-7-5-4-6-8-11/h4-8H,9-10H2,1-3H3. The second-order valence-corrected chi connectivity index (χ2v) is 6.58. The van der Waals surface area contributed by atoms with Crippen LogP contribution in [0.5, 0.6) is 0 Å². The predicted octanol–water partition coefficient (Wildman–Crippen LogP) is 3.41. The van der Waals surface area contributed by atoms with Crippen molar-refractivity contribution < 1.29 is 32.2 Å². The monoisotopic (exact) mass is 357 g/mol. The molecule has 0 saturated carbocycles. The van der Waals surface area contributed by atoms with Gasteiger partial charge in [0.25, 0.3) is 5.72 Å². The molecule has 0 fully saturated rings. The van der Waals surface area contributed by atoms with Crippen LogP contribution in [-0.2, 0) is 19.1 Å². The molecule has 0 radical (unpaired) electrons. The summed E-state index contributed by atoms with van der Waals surface area (Å²) in [4.78, 5) is 27.2. The molecule has 1 aliphatic rings. The highest BCUT2D eigenvalue weighted by Gasteiger charge is 2.62. The number of hydrogen-bond donors (Lipinski definition) is 0. The van der Waals surface area contributed by atoms with Gasteiger partial charge in [-0.15, -0.1) is 0 Å². The Morgan fingerprint density at radius 1 is 1.20 bits per heavy atom. The summed E-state index contributed by atoms with van der Waals surface area (Å²) in [5.41, 5.74) is -4.10. The molecule has 2 rings (SSSR count). The Kier molecular flexibility index (Phi) is 4.92. The van der Waals surface area contributed by atoms with Gasteiger partial charge < -0.3 is 9.47 Å². The van der Waals surface area contributed by atoms with E-state index in [9.17, 15) is 22.8 Å². The van der Waals surface area contributed by atoms with Gasteiger partial charge in [-0.2, -0.15) is 13.2 Å². The van der Waals surface area contributed by atoms with Gasteiger partial charge in [0.05, 0.1) is 6.42 Å². The van der Waals surface area contributed by atoms with Crippen LogP contribution in [0.4, 0.5) is 13.2 Å². The first-order valence-electron chi connectivity index (χ1n) is 7.61. The van der Waals surface area contributed by atoms with E-state index in [-0.39, 0.29) is 5.56 Å². The Labute approximate surface area is 142 Å². The van der Waals surface area contributed by atoms with E-state index < -0.39 is 48.0 Å². The number of benzene rings is 1. The highest BCUT2D eigenvalue weighted by atomic mass is 19.4. The first kappa shape index (κ1) is 19.0. The summed E-state index contributed by atoms with van der Waals surface area (Å²) in [5, 5.41) is 0. The largest absolute Gasteiger partial charge is 0.460 e. The molecule has 1 atom stereocenters. The zero-order valence-corrected chi connectivity index (χ0v) is 14.0. The van der Waals surface area contributed by atoms with E-state index in [4.69, 9.17) is 4.74 Å². The number of hydrogen-bond acceptors (Lipinski definition) is 5. The number of cyclic esters (lactones) is 1. The molecule has 136 valence electrons. The fourth-order valence-electron chi connectivity index (χ4n) is 2.26. The van der Waals surface area contributed by atoms with Crippen LogP contribution in [0.3, 0.4) is 0 Å². The zero-order valence-electron chi connectivity index (χ0n) is 14.0. The third-order valence-electron chi connectivity index (χ3n) is 3.33. The van der Waals surface area contributed by atoms with Crippen molar-refractivity contribution in [2.75, 3.05) is 0 Å². The number of rotatable bonds is 4. The highest BCUT2D eigenvalue weighted by molar-refractivity contribution is 6.44. The molecule has 1 heterocycles. The number of esters is 2. The summed E-state index contributed by atoms with van der Waals surface area (Å²) >= 11 is 0. The summed E-state index contributed by atoms with van der Waals surface area (Å²) < 4.78 is 50.2. The summed E-state index contributed by atoms with van der Waals surface area (Å²) in [6.07, 6.45) is -6.38. The Hall–Kier alpha value is -2.38. The molecule has 0 N–H and O–H groups in total. The number of ether oxygens (including phenoxy) is 2. The number of aliphatic imine (C=N–C) groups is 1. The van der Waals surface area contributed by atoms with E-state index in [1.165, 1.54) is 12.1 Å². The van der Waals surface area contributed by atoms with E-state index >= 15 is 0 Å². The van der Waals surface area contributed by atoms with Crippen molar-refractivity contribution in [2.24, 2.45) is 4.99 Å². The van der Waals surface area contributed by atoms with Crippen LogP contribution in [-0.4, -0.2) is 35.2 Å². The maximum absolute atomic E-state index is 13.5.